The maximum absolute atomic E-state index is 6.76. The van der Waals surface area contributed by atoms with Crippen molar-refractivity contribution in [2.45, 2.75) is 44.2 Å². The van der Waals surface area contributed by atoms with Crippen molar-refractivity contribution < 1.29 is 4.74 Å². The van der Waals surface area contributed by atoms with Gasteiger partial charge in [-0.3, -0.25) is 4.90 Å². The molecule has 2 fully saturated rings. The van der Waals surface area contributed by atoms with Crippen molar-refractivity contribution in [3.8, 4) is 5.75 Å². The molecule has 0 N–H and O–H groups in total. The second-order valence-electron chi connectivity index (χ2n) is 7.20. The highest BCUT2D eigenvalue weighted by Gasteiger charge is 2.51. The van der Waals surface area contributed by atoms with Gasteiger partial charge in [-0.2, -0.15) is 0 Å². The van der Waals surface area contributed by atoms with Gasteiger partial charge in [0.25, 0.3) is 0 Å². The first-order valence-corrected chi connectivity index (χ1v) is 8.81. The van der Waals surface area contributed by atoms with Crippen molar-refractivity contribution in [1.82, 2.24) is 4.90 Å². The minimum Gasteiger partial charge on any atom is -0.472 e. The third-order valence-corrected chi connectivity index (χ3v) is 6.10. The molecule has 22 heavy (non-hydrogen) atoms. The van der Waals surface area contributed by atoms with E-state index >= 15 is 0 Å². The first-order chi connectivity index (χ1) is 10.9. The molecule has 1 spiro atoms. The van der Waals surface area contributed by atoms with Crippen LogP contribution in [0.4, 0.5) is 0 Å². The molecule has 114 valence electrons. The standard InChI is InChI=1S/C20H23NO/c1-2-8-17-15(6-1)9-10-19-18(17)14-16-7-5-13-21-12-4-3-11-20(16,21)22-19/h1-2,6,8-10,16H,3-5,7,11-14H2/t16-,20-/m0/s1. The van der Waals surface area contributed by atoms with E-state index in [1.807, 2.05) is 0 Å². The van der Waals surface area contributed by atoms with Gasteiger partial charge in [0.15, 0.2) is 5.72 Å². The van der Waals surface area contributed by atoms with Gasteiger partial charge in [0.2, 0.25) is 0 Å². The van der Waals surface area contributed by atoms with Gasteiger partial charge in [0.1, 0.15) is 5.75 Å². The highest BCUT2D eigenvalue weighted by molar-refractivity contribution is 5.88. The fourth-order valence-electron chi connectivity index (χ4n) is 5.07. The average Bonchev–Trinajstić information content (AvgIpc) is 2.58. The minimum absolute atomic E-state index is 0.00591. The molecule has 2 aromatic rings. The van der Waals surface area contributed by atoms with Crippen molar-refractivity contribution in [2.75, 3.05) is 13.1 Å². The Hall–Kier alpha value is -1.54. The summed E-state index contributed by atoms with van der Waals surface area (Å²) < 4.78 is 6.76. The van der Waals surface area contributed by atoms with E-state index in [0.29, 0.717) is 5.92 Å². The van der Waals surface area contributed by atoms with E-state index < -0.39 is 0 Å². The lowest BCUT2D eigenvalue weighted by Crippen LogP contribution is -2.64. The number of hydrogen-bond donors (Lipinski definition) is 0. The summed E-state index contributed by atoms with van der Waals surface area (Å²) in [6.07, 6.45) is 7.70. The minimum atomic E-state index is 0.00591. The summed E-state index contributed by atoms with van der Waals surface area (Å²) in [6, 6.07) is 13.2. The van der Waals surface area contributed by atoms with Crippen LogP contribution in [-0.4, -0.2) is 23.7 Å². The third-order valence-electron chi connectivity index (χ3n) is 6.10. The van der Waals surface area contributed by atoms with Crippen LogP contribution in [-0.2, 0) is 6.42 Å². The number of rotatable bonds is 0. The molecule has 3 heterocycles. The molecule has 0 saturated carbocycles. The van der Waals surface area contributed by atoms with Gasteiger partial charge in [-0.25, -0.2) is 0 Å². The van der Waals surface area contributed by atoms with E-state index in [1.54, 1.807) is 0 Å². The number of fused-ring (bicyclic) bond motifs is 3. The summed E-state index contributed by atoms with van der Waals surface area (Å²) >= 11 is 0. The molecule has 3 aliphatic heterocycles. The van der Waals surface area contributed by atoms with Gasteiger partial charge in [0.05, 0.1) is 0 Å². The Morgan fingerprint density at radius 2 is 1.91 bits per heavy atom. The summed E-state index contributed by atoms with van der Waals surface area (Å²) in [5.41, 5.74) is 1.45. The van der Waals surface area contributed by atoms with E-state index in [1.165, 1.54) is 68.0 Å². The molecule has 0 amide bonds. The van der Waals surface area contributed by atoms with Crippen molar-refractivity contribution in [1.29, 1.82) is 0 Å². The van der Waals surface area contributed by atoms with Crippen LogP contribution in [0.1, 0.15) is 37.7 Å². The zero-order valence-corrected chi connectivity index (χ0v) is 13.1. The van der Waals surface area contributed by atoms with Crippen LogP contribution in [0.15, 0.2) is 36.4 Å². The van der Waals surface area contributed by atoms with Crippen LogP contribution in [0.2, 0.25) is 0 Å². The van der Waals surface area contributed by atoms with E-state index in [-0.39, 0.29) is 5.72 Å². The van der Waals surface area contributed by atoms with E-state index in [9.17, 15) is 0 Å². The van der Waals surface area contributed by atoms with E-state index in [4.69, 9.17) is 4.74 Å². The number of hydrogen-bond acceptors (Lipinski definition) is 2. The van der Waals surface area contributed by atoms with Crippen LogP contribution in [0, 0.1) is 5.92 Å². The van der Waals surface area contributed by atoms with Crippen molar-refractivity contribution in [3.05, 3.63) is 42.0 Å². The maximum atomic E-state index is 6.76. The molecule has 2 atom stereocenters. The SMILES string of the molecule is c1ccc2c3c(ccc2c1)O[C@]12CCCCN1CCC[C@H]2C3. The van der Waals surface area contributed by atoms with Crippen LogP contribution in [0.25, 0.3) is 10.8 Å². The number of benzene rings is 2. The fourth-order valence-corrected chi connectivity index (χ4v) is 5.07. The Bertz CT molecular complexity index is 723. The van der Waals surface area contributed by atoms with Gasteiger partial charge in [-0.05, 0) is 48.9 Å². The molecule has 2 heteroatoms. The molecule has 2 aromatic carbocycles. The highest BCUT2D eigenvalue weighted by Crippen LogP contribution is 2.49. The second-order valence-corrected chi connectivity index (χ2v) is 7.20. The van der Waals surface area contributed by atoms with Gasteiger partial charge < -0.3 is 4.74 Å². The Morgan fingerprint density at radius 1 is 1.00 bits per heavy atom. The van der Waals surface area contributed by atoms with Gasteiger partial charge in [-0.1, -0.05) is 30.3 Å². The topological polar surface area (TPSA) is 12.5 Å². The molecule has 2 saturated heterocycles. The molecule has 5 rings (SSSR count). The molecule has 0 unspecified atom stereocenters. The van der Waals surface area contributed by atoms with Crippen LogP contribution in [0.5, 0.6) is 5.75 Å². The molecular weight excluding hydrogens is 270 g/mol. The molecule has 0 radical (unpaired) electrons. The van der Waals surface area contributed by atoms with Gasteiger partial charge in [0, 0.05) is 31.0 Å². The Balaban J connectivity index is 1.66. The largest absolute Gasteiger partial charge is 0.472 e. The summed E-state index contributed by atoms with van der Waals surface area (Å²) in [4.78, 5) is 2.66. The maximum Gasteiger partial charge on any atom is 0.166 e. The Labute approximate surface area is 132 Å². The monoisotopic (exact) mass is 293 g/mol. The summed E-state index contributed by atoms with van der Waals surface area (Å²) in [6.45, 7) is 2.44. The highest BCUT2D eigenvalue weighted by atomic mass is 16.5. The quantitative estimate of drug-likeness (QED) is 0.715. The molecular formula is C20H23NO. The number of piperidine rings is 2. The lowest BCUT2D eigenvalue weighted by molar-refractivity contribution is -0.177. The van der Waals surface area contributed by atoms with Gasteiger partial charge in [-0.15, -0.1) is 0 Å². The molecule has 0 aromatic heterocycles. The lowest BCUT2D eigenvalue weighted by Gasteiger charge is -2.56. The smallest absolute Gasteiger partial charge is 0.166 e. The molecule has 0 bridgehead atoms. The van der Waals surface area contributed by atoms with Crippen molar-refractivity contribution >= 4 is 10.8 Å². The second kappa shape index (κ2) is 4.73. The predicted molar refractivity (Wildman–Crippen MR) is 89.2 cm³/mol. The van der Waals surface area contributed by atoms with Crippen LogP contribution in [0.3, 0.4) is 0 Å². The molecule has 2 nitrogen and oxygen atoms in total. The number of ether oxygens (including phenoxy) is 1. The summed E-state index contributed by atoms with van der Waals surface area (Å²) in [5, 5.41) is 2.74. The van der Waals surface area contributed by atoms with Crippen molar-refractivity contribution in [2.24, 2.45) is 5.92 Å². The Kier molecular flexibility index (Phi) is 2.78. The first-order valence-electron chi connectivity index (χ1n) is 8.81. The van der Waals surface area contributed by atoms with Crippen LogP contribution >= 0.6 is 0 Å². The average molecular weight is 293 g/mol. The third kappa shape index (κ3) is 1.70. The Morgan fingerprint density at radius 3 is 2.91 bits per heavy atom. The van der Waals surface area contributed by atoms with E-state index in [2.05, 4.69) is 41.3 Å². The summed E-state index contributed by atoms with van der Waals surface area (Å²) in [7, 11) is 0. The van der Waals surface area contributed by atoms with Crippen LogP contribution < -0.4 is 4.74 Å². The predicted octanol–water partition coefficient (Wildman–Crippen LogP) is 4.37. The first kappa shape index (κ1) is 13.0. The zero-order valence-electron chi connectivity index (χ0n) is 13.1. The summed E-state index contributed by atoms with van der Waals surface area (Å²) in [5.74, 6) is 1.81. The molecule has 0 aliphatic carbocycles. The molecule has 3 aliphatic rings. The zero-order chi connectivity index (χ0) is 14.6. The van der Waals surface area contributed by atoms with Gasteiger partial charge >= 0.3 is 0 Å². The number of nitrogens with zero attached hydrogens (tertiary/aromatic N) is 1. The van der Waals surface area contributed by atoms with E-state index in [0.717, 1.165) is 5.75 Å². The van der Waals surface area contributed by atoms with Crippen molar-refractivity contribution in [3.63, 3.8) is 0 Å². The lowest BCUT2D eigenvalue weighted by atomic mass is 9.74. The normalized spacial score (nSPS) is 31.0. The fraction of sp³-hybridized carbons (Fsp3) is 0.500.